The van der Waals surface area contributed by atoms with Crippen molar-refractivity contribution in [2.75, 3.05) is 40.3 Å². The molecule has 0 aliphatic carbocycles. The summed E-state index contributed by atoms with van der Waals surface area (Å²) in [6.45, 7) is 3.49. The lowest BCUT2D eigenvalue weighted by atomic mass is 10.0. The molecule has 1 fully saturated rings. The predicted octanol–water partition coefficient (Wildman–Crippen LogP) is 2.79. The minimum absolute atomic E-state index is 0. The topological polar surface area (TPSA) is 53.6 Å². The zero-order chi connectivity index (χ0) is 16.5. The molecule has 144 valence electrons. The molecule has 1 aromatic rings. The average molecular weight is 392 g/mol. The van der Waals surface area contributed by atoms with Crippen LogP contribution in [0.3, 0.4) is 0 Å². The molecule has 1 aliphatic rings. The van der Waals surface area contributed by atoms with Gasteiger partial charge in [-0.2, -0.15) is 0 Å². The van der Waals surface area contributed by atoms with Crippen molar-refractivity contribution in [3.8, 4) is 5.75 Å². The Labute approximate surface area is 163 Å². The highest BCUT2D eigenvalue weighted by Crippen LogP contribution is 2.30. The second kappa shape index (κ2) is 13.2. The number of halogens is 2. The third-order valence-electron chi connectivity index (χ3n) is 4.42. The standard InChI is InChI=1S/C18H29N3O2.2ClH/c1-19-11-10-18(22)20-14-16(21-12-6-3-7-13-21)15-8-4-5-9-17(15)23-2;;/h4-5,8-9,16,19H,3,6-7,10-14H2,1-2H3,(H,20,22);2*1H. The molecule has 0 bridgehead atoms. The van der Waals surface area contributed by atoms with Gasteiger partial charge in [0.25, 0.3) is 0 Å². The van der Waals surface area contributed by atoms with Gasteiger partial charge in [-0.05, 0) is 39.0 Å². The second-order valence-electron chi connectivity index (χ2n) is 6.01. The number of para-hydroxylation sites is 1. The Morgan fingerprint density at radius 3 is 2.52 bits per heavy atom. The first-order valence-electron chi connectivity index (χ1n) is 8.54. The number of ether oxygens (including phenoxy) is 1. The summed E-state index contributed by atoms with van der Waals surface area (Å²) in [6.07, 6.45) is 4.25. The number of hydrogen-bond donors (Lipinski definition) is 2. The third-order valence-corrected chi connectivity index (χ3v) is 4.42. The van der Waals surface area contributed by atoms with Gasteiger partial charge in [-0.1, -0.05) is 24.6 Å². The number of nitrogens with zero attached hydrogens (tertiary/aromatic N) is 1. The maximum Gasteiger partial charge on any atom is 0.221 e. The SMILES string of the molecule is CNCCC(=O)NCC(c1ccccc1OC)N1CCCCC1.Cl.Cl. The molecule has 1 heterocycles. The quantitative estimate of drug-likeness (QED) is 0.715. The Hall–Kier alpha value is -1.01. The summed E-state index contributed by atoms with van der Waals surface area (Å²) < 4.78 is 5.54. The zero-order valence-electron chi connectivity index (χ0n) is 15.1. The van der Waals surface area contributed by atoms with Gasteiger partial charge in [0, 0.05) is 25.1 Å². The number of likely N-dealkylation sites (tertiary alicyclic amines) is 1. The summed E-state index contributed by atoms with van der Waals surface area (Å²) >= 11 is 0. The van der Waals surface area contributed by atoms with Gasteiger partial charge in [0.05, 0.1) is 13.2 Å². The zero-order valence-corrected chi connectivity index (χ0v) is 16.8. The average Bonchev–Trinajstić information content (AvgIpc) is 2.61. The van der Waals surface area contributed by atoms with E-state index in [1.54, 1.807) is 7.11 Å². The smallest absolute Gasteiger partial charge is 0.221 e. The lowest BCUT2D eigenvalue weighted by Gasteiger charge is -2.35. The Morgan fingerprint density at radius 1 is 1.20 bits per heavy atom. The first kappa shape index (κ1) is 24.0. The van der Waals surface area contributed by atoms with Crippen molar-refractivity contribution in [2.24, 2.45) is 0 Å². The maximum absolute atomic E-state index is 12.0. The molecule has 0 aromatic heterocycles. The number of benzene rings is 1. The lowest BCUT2D eigenvalue weighted by molar-refractivity contribution is -0.121. The highest BCUT2D eigenvalue weighted by molar-refractivity contribution is 5.85. The predicted molar refractivity (Wildman–Crippen MR) is 107 cm³/mol. The summed E-state index contributed by atoms with van der Waals surface area (Å²) in [5.41, 5.74) is 1.16. The van der Waals surface area contributed by atoms with Crippen LogP contribution >= 0.6 is 24.8 Å². The fraction of sp³-hybridized carbons (Fsp3) is 0.611. The van der Waals surface area contributed by atoms with E-state index >= 15 is 0 Å². The molecule has 1 aliphatic heterocycles. The van der Waals surface area contributed by atoms with Crippen molar-refractivity contribution in [3.05, 3.63) is 29.8 Å². The highest BCUT2D eigenvalue weighted by Gasteiger charge is 2.25. The van der Waals surface area contributed by atoms with Gasteiger partial charge < -0.3 is 15.4 Å². The first-order chi connectivity index (χ1) is 11.3. The molecule has 25 heavy (non-hydrogen) atoms. The van der Waals surface area contributed by atoms with Crippen LogP contribution in [0, 0.1) is 0 Å². The summed E-state index contributed by atoms with van der Waals surface area (Å²) in [5, 5.41) is 6.10. The highest BCUT2D eigenvalue weighted by atomic mass is 35.5. The Morgan fingerprint density at radius 2 is 1.88 bits per heavy atom. The van der Waals surface area contributed by atoms with Crippen molar-refractivity contribution in [2.45, 2.75) is 31.7 Å². The summed E-state index contributed by atoms with van der Waals surface area (Å²) in [6, 6.07) is 8.30. The first-order valence-corrected chi connectivity index (χ1v) is 8.54. The number of carbonyl (C=O) groups excluding carboxylic acids is 1. The summed E-state index contributed by atoms with van der Waals surface area (Å²) in [7, 11) is 3.57. The van der Waals surface area contributed by atoms with Crippen LogP contribution in [0.2, 0.25) is 0 Å². The normalized spacial score (nSPS) is 15.4. The Balaban J connectivity index is 0.00000288. The fourth-order valence-electron chi connectivity index (χ4n) is 3.14. The number of nitrogens with one attached hydrogen (secondary N) is 2. The molecule has 7 heteroatoms. The van der Waals surface area contributed by atoms with Crippen LogP contribution in [0.4, 0.5) is 0 Å². The van der Waals surface area contributed by atoms with Gasteiger partial charge in [-0.15, -0.1) is 24.8 Å². The molecular weight excluding hydrogens is 361 g/mol. The van der Waals surface area contributed by atoms with Crippen molar-refractivity contribution in [3.63, 3.8) is 0 Å². The number of carbonyl (C=O) groups is 1. The van der Waals surface area contributed by atoms with E-state index in [0.29, 0.717) is 19.5 Å². The van der Waals surface area contributed by atoms with E-state index in [-0.39, 0.29) is 36.8 Å². The summed E-state index contributed by atoms with van der Waals surface area (Å²) in [5.74, 6) is 0.990. The number of piperidine rings is 1. The minimum atomic E-state index is 0. The Kier molecular flexibility index (Phi) is 12.7. The van der Waals surface area contributed by atoms with Crippen LogP contribution in [0.15, 0.2) is 24.3 Å². The van der Waals surface area contributed by atoms with E-state index in [2.05, 4.69) is 21.6 Å². The molecule has 1 saturated heterocycles. The van der Waals surface area contributed by atoms with E-state index in [4.69, 9.17) is 4.74 Å². The molecule has 2 N–H and O–H groups in total. The van der Waals surface area contributed by atoms with Crippen molar-refractivity contribution >= 4 is 30.7 Å². The number of amides is 1. The monoisotopic (exact) mass is 391 g/mol. The van der Waals surface area contributed by atoms with Crippen molar-refractivity contribution in [1.29, 1.82) is 0 Å². The summed E-state index contributed by atoms with van der Waals surface area (Å²) in [4.78, 5) is 14.4. The molecule has 1 amide bonds. The largest absolute Gasteiger partial charge is 0.496 e. The fourth-order valence-corrected chi connectivity index (χ4v) is 3.14. The van der Waals surface area contributed by atoms with Crippen LogP contribution in [0.1, 0.15) is 37.3 Å². The molecule has 1 atom stereocenters. The maximum atomic E-state index is 12.0. The van der Waals surface area contributed by atoms with Gasteiger partial charge in [-0.25, -0.2) is 0 Å². The van der Waals surface area contributed by atoms with Crippen LogP contribution in [0.25, 0.3) is 0 Å². The molecule has 5 nitrogen and oxygen atoms in total. The van der Waals surface area contributed by atoms with E-state index in [1.165, 1.54) is 19.3 Å². The van der Waals surface area contributed by atoms with Crippen molar-refractivity contribution in [1.82, 2.24) is 15.5 Å². The van der Waals surface area contributed by atoms with Gasteiger partial charge in [0.2, 0.25) is 5.91 Å². The van der Waals surface area contributed by atoms with E-state index in [0.717, 1.165) is 24.4 Å². The second-order valence-corrected chi connectivity index (χ2v) is 6.01. The van der Waals surface area contributed by atoms with Crippen LogP contribution in [-0.2, 0) is 4.79 Å². The molecule has 0 radical (unpaired) electrons. The van der Waals surface area contributed by atoms with Gasteiger partial charge in [0.1, 0.15) is 5.75 Å². The molecule has 1 unspecified atom stereocenters. The van der Waals surface area contributed by atoms with Gasteiger partial charge in [0.15, 0.2) is 0 Å². The molecule has 0 saturated carbocycles. The number of hydrogen-bond acceptors (Lipinski definition) is 4. The van der Waals surface area contributed by atoms with E-state index in [9.17, 15) is 4.79 Å². The van der Waals surface area contributed by atoms with Crippen molar-refractivity contribution < 1.29 is 9.53 Å². The van der Waals surface area contributed by atoms with E-state index < -0.39 is 0 Å². The Bertz CT molecular complexity index is 497. The lowest BCUT2D eigenvalue weighted by Crippen LogP contribution is -2.41. The number of methoxy groups -OCH3 is 1. The van der Waals surface area contributed by atoms with Crippen LogP contribution < -0.4 is 15.4 Å². The molecule has 0 spiro atoms. The van der Waals surface area contributed by atoms with Gasteiger partial charge >= 0.3 is 0 Å². The van der Waals surface area contributed by atoms with E-state index in [1.807, 2.05) is 25.2 Å². The van der Waals surface area contributed by atoms with Crippen LogP contribution in [-0.4, -0.2) is 51.1 Å². The number of rotatable bonds is 8. The van der Waals surface area contributed by atoms with Gasteiger partial charge in [-0.3, -0.25) is 9.69 Å². The minimum Gasteiger partial charge on any atom is -0.496 e. The molecule has 2 rings (SSSR count). The molecular formula is C18H31Cl2N3O2. The van der Waals surface area contributed by atoms with Crippen LogP contribution in [0.5, 0.6) is 5.75 Å². The molecule has 1 aromatic carbocycles. The third kappa shape index (κ3) is 7.40.